The zero-order valence-electron chi connectivity index (χ0n) is 12.4. The molecule has 0 spiro atoms. The quantitative estimate of drug-likeness (QED) is 0.605. The van der Waals surface area contributed by atoms with Crippen LogP contribution in [0.5, 0.6) is 0 Å². The number of benzene rings is 1. The number of nitrogens with one attached hydrogen (secondary N) is 1. The predicted molar refractivity (Wildman–Crippen MR) is 84.9 cm³/mol. The summed E-state index contributed by atoms with van der Waals surface area (Å²) >= 11 is 0. The van der Waals surface area contributed by atoms with E-state index in [0.29, 0.717) is 5.82 Å². The van der Waals surface area contributed by atoms with Crippen molar-refractivity contribution in [3.63, 3.8) is 0 Å². The number of nitrogens with zero attached hydrogens (tertiary/aromatic N) is 5. The van der Waals surface area contributed by atoms with Crippen molar-refractivity contribution in [2.75, 3.05) is 0 Å². The Morgan fingerprint density at radius 1 is 1.17 bits per heavy atom. The number of aromatic amines is 1. The molecule has 0 amide bonds. The van der Waals surface area contributed by atoms with Gasteiger partial charge in [0.1, 0.15) is 23.3 Å². The van der Waals surface area contributed by atoms with E-state index in [-0.39, 0.29) is 0 Å². The molecule has 0 saturated heterocycles. The van der Waals surface area contributed by atoms with Crippen molar-refractivity contribution in [2.24, 2.45) is 0 Å². The second-order valence-electron chi connectivity index (χ2n) is 5.24. The van der Waals surface area contributed by atoms with Gasteiger partial charge in [-0.25, -0.2) is 9.67 Å². The monoisotopic (exact) mass is 306 g/mol. The van der Waals surface area contributed by atoms with Gasteiger partial charge in [-0.15, -0.1) is 0 Å². The summed E-state index contributed by atoms with van der Waals surface area (Å²) in [5, 5.41) is 14.1. The van der Waals surface area contributed by atoms with Crippen LogP contribution >= 0.6 is 0 Å². The lowest BCUT2D eigenvalue weighted by molar-refractivity contribution is 0.190. The van der Waals surface area contributed by atoms with E-state index in [0.717, 1.165) is 28.1 Å². The molecule has 0 aliphatic rings. The lowest BCUT2D eigenvalue weighted by atomic mass is 10.3. The van der Waals surface area contributed by atoms with Crippen LogP contribution in [0.2, 0.25) is 0 Å². The highest BCUT2D eigenvalue weighted by Crippen LogP contribution is 2.20. The maximum atomic E-state index is 9.62. The van der Waals surface area contributed by atoms with Gasteiger partial charge in [0.15, 0.2) is 0 Å². The molecule has 0 fully saturated rings. The van der Waals surface area contributed by atoms with Crippen molar-refractivity contribution in [3.8, 4) is 17.1 Å². The Kier molecular flexibility index (Phi) is 3.13. The summed E-state index contributed by atoms with van der Waals surface area (Å²) < 4.78 is 1.77. The molecule has 1 atom stereocenters. The van der Waals surface area contributed by atoms with E-state index in [1.807, 2.05) is 30.5 Å². The fourth-order valence-electron chi connectivity index (χ4n) is 2.39. The summed E-state index contributed by atoms with van der Waals surface area (Å²) in [7, 11) is 0. The third kappa shape index (κ3) is 2.47. The van der Waals surface area contributed by atoms with E-state index in [1.165, 1.54) is 0 Å². The zero-order valence-corrected chi connectivity index (χ0v) is 12.4. The molecule has 114 valence electrons. The van der Waals surface area contributed by atoms with Gasteiger partial charge in [-0.2, -0.15) is 5.10 Å². The van der Waals surface area contributed by atoms with Crippen molar-refractivity contribution < 1.29 is 5.11 Å². The standard InChI is InChI=1S/C16H14N6O/c1-10(23)16-19-12-3-2-11(8-14(12)20-16)22-7-4-13(21-22)15-9-17-5-6-18-15/h2-10,23H,1H3,(H,19,20)/t10-/m1/s1. The Bertz CT molecular complexity index is 957. The van der Waals surface area contributed by atoms with E-state index >= 15 is 0 Å². The van der Waals surface area contributed by atoms with Crippen molar-refractivity contribution in [3.05, 3.63) is 54.9 Å². The van der Waals surface area contributed by atoms with Crippen molar-refractivity contribution >= 4 is 11.0 Å². The molecule has 0 aliphatic heterocycles. The first-order chi connectivity index (χ1) is 11.2. The summed E-state index contributed by atoms with van der Waals surface area (Å²) in [6.45, 7) is 1.68. The van der Waals surface area contributed by atoms with Crippen LogP contribution in [0.3, 0.4) is 0 Å². The second-order valence-corrected chi connectivity index (χ2v) is 5.24. The van der Waals surface area contributed by atoms with Crippen LogP contribution in [-0.4, -0.2) is 34.8 Å². The molecule has 7 nitrogen and oxygen atoms in total. The average molecular weight is 306 g/mol. The number of aliphatic hydroxyl groups excluding tert-OH is 1. The molecule has 1 aromatic carbocycles. The maximum Gasteiger partial charge on any atom is 0.135 e. The zero-order chi connectivity index (χ0) is 15.8. The molecule has 0 radical (unpaired) electrons. The topological polar surface area (TPSA) is 92.5 Å². The molecule has 0 saturated carbocycles. The first-order valence-electron chi connectivity index (χ1n) is 7.21. The van der Waals surface area contributed by atoms with Crippen LogP contribution in [0.25, 0.3) is 28.1 Å². The smallest absolute Gasteiger partial charge is 0.135 e. The van der Waals surface area contributed by atoms with Gasteiger partial charge in [-0.05, 0) is 31.2 Å². The first-order valence-corrected chi connectivity index (χ1v) is 7.21. The van der Waals surface area contributed by atoms with Crippen molar-refractivity contribution in [1.29, 1.82) is 0 Å². The van der Waals surface area contributed by atoms with Gasteiger partial charge >= 0.3 is 0 Å². The number of aliphatic hydroxyl groups is 1. The fraction of sp³-hybridized carbons (Fsp3) is 0.125. The normalized spacial score (nSPS) is 12.6. The van der Waals surface area contributed by atoms with E-state index in [9.17, 15) is 5.11 Å². The van der Waals surface area contributed by atoms with Crippen molar-refractivity contribution in [1.82, 2.24) is 29.7 Å². The highest BCUT2D eigenvalue weighted by molar-refractivity contribution is 5.77. The average Bonchev–Trinajstić information content (AvgIpc) is 3.22. The van der Waals surface area contributed by atoms with Crippen LogP contribution in [0.15, 0.2) is 49.1 Å². The third-order valence-electron chi connectivity index (χ3n) is 3.56. The minimum absolute atomic E-state index is 0.554. The molecular formula is C16H14N6O. The van der Waals surface area contributed by atoms with Crippen LogP contribution in [0.4, 0.5) is 0 Å². The molecule has 0 unspecified atom stereocenters. The number of fused-ring (bicyclic) bond motifs is 1. The van der Waals surface area contributed by atoms with Crippen molar-refractivity contribution in [2.45, 2.75) is 13.0 Å². The van der Waals surface area contributed by atoms with Crippen LogP contribution in [0.1, 0.15) is 18.9 Å². The van der Waals surface area contributed by atoms with Crippen LogP contribution < -0.4 is 0 Å². The first kappa shape index (κ1) is 13.6. The van der Waals surface area contributed by atoms with Gasteiger partial charge in [0.2, 0.25) is 0 Å². The van der Waals surface area contributed by atoms with E-state index in [1.54, 1.807) is 30.2 Å². The number of H-pyrrole nitrogens is 1. The van der Waals surface area contributed by atoms with Gasteiger partial charge in [0.25, 0.3) is 0 Å². The second kappa shape index (κ2) is 5.29. The Labute approximate surface area is 131 Å². The molecule has 23 heavy (non-hydrogen) atoms. The minimum atomic E-state index is -0.626. The summed E-state index contributed by atoms with van der Waals surface area (Å²) in [4.78, 5) is 15.8. The maximum absolute atomic E-state index is 9.62. The molecule has 2 N–H and O–H groups in total. The number of imidazole rings is 1. The van der Waals surface area contributed by atoms with Gasteiger partial charge in [0.05, 0.1) is 22.9 Å². The summed E-state index contributed by atoms with van der Waals surface area (Å²) in [5.41, 5.74) is 4.05. The Balaban J connectivity index is 1.73. The molecule has 7 heteroatoms. The van der Waals surface area contributed by atoms with E-state index in [2.05, 4.69) is 25.0 Å². The lowest BCUT2D eigenvalue weighted by Crippen LogP contribution is -1.95. The number of hydrogen-bond donors (Lipinski definition) is 2. The summed E-state index contributed by atoms with van der Waals surface area (Å²) in [6.07, 6.45) is 6.20. The van der Waals surface area contributed by atoms with Crippen LogP contribution in [0, 0.1) is 0 Å². The Hall–Kier alpha value is -3.06. The molecule has 3 heterocycles. The Morgan fingerprint density at radius 3 is 2.87 bits per heavy atom. The van der Waals surface area contributed by atoms with E-state index < -0.39 is 6.10 Å². The number of hydrogen-bond acceptors (Lipinski definition) is 5. The van der Waals surface area contributed by atoms with Gasteiger partial charge < -0.3 is 10.1 Å². The predicted octanol–water partition coefficient (Wildman–Crippen LogP) is 2.26. The van der Waals surface area contributed by atoms with Crippen LogP contribution in [-0.2, 0) is 0 Å². The molecule has 0 bridgehead atoms. The lowest BCUT2D eigenvalue weighted by Gasteiger charge is -2.01. The SMILES string of the molecule is C[C@@H](O)c1nc2ccc(-n3ccc(-c4cnccn4)n3)cc2[nH]1. The summed E-state index contributed by atoms with van der Waals surface area (Å²) in [6, 6.07) is 7.67. The minimum Gasteiger partial charge on any atom is -0.385 e. The highest BCUT2D eigenvalue weighted by Gasteiger charge is 2.10. The molecule has 4 aromatic rings. The third-order valence-corrected chi connectivity index (χ3v) is 3.56. The highest BCUT2D eigenvalue weighted by atomic mass is 16.3. The molecular weight excluding hydrogens is 292 g/mol. The molecule has 0 aliphatic carbocycles. The fourth-order valence-corrected chi connectivity index (χ4v) is 2.39. The Morgan fingerprint density at radius 2 is 2.09 bits per heavy atom. The van der Waals surface area contributed by atoms with Gasteiger partial charge in [-0.3, -0.25) is 9.97 Å². The van der Waals surface area contributed by atoms with E-state index in [4.69, 9.17) is 0 Å². The largest absolute Gasteiger partial charge is 0.385 e. The molecule has 3 aromatic heterocycles. The number of aromatic nitrogens is 6. The molecule has 4 rings (SSSR count). The summed E-state index contributed by atoms with van der Waals surface area (Å²) in [5.74, 6) is 0.554. The number of rotatable bonds is 3. The van der Waals surface area contributed by atoms with Gasteiger partial charge in [0, 0.05) is 18.6 Å². The van der Waals surface area contributed by atoms with Gasteiger partial charge in [-0.1, -0.05) is 0 Å².